The second-order valence-corrected chi connectivity index (χ2v) is 4.00. The van der Waals surface area contributed by atoms with Crippen LogP contribution in [0.25, 0.3) is 0 Å². The molecular formula is C14H18O4. The fourth-order valence-electron chi connectivity index (χ4n) is 1.71. The summed E-state index contributed by atoms with van der Waals surface area (Å²) in [6.45, 7) is 4.10. The maximum Gasteiger partial charge on any atom is 0.338 e. The van der Waals surface area contributed by atoms with Crippen molar-refractivity contribution in [2.75, 3.05) is 6.61 Å². The molecule has 0 radical (unpaired) electrons. The zero-order chi connectivity index (χ0) is 13.5. The van der Waals surface area contributed by atoms with Crippen molar-refractivity contribution in [1.82, 2.24) is 0 Å². The zero-order valence-electron chi connectivity index (χ0n) is 10.7. The van der Waals surface area contributed by atoms with Gasteiger partial charge in [0.2, 0.25) is 0 Å². The normalized spacial score (nSPS) is 10.1. The van der Waals surface area contributed by atoms with Crippen LogP contribution in [-0.4, -0.2) is 23.7 Å². The lowest BCUT2D eigenvalue weighted by Gasteiger charge is -2.09. The Morgan fingerprint density at radius 1 is 1.28 bits per heavy atom. The molecule has 0 aliphatic heterocycles. The molecule has 0 bridgehead atoms. The Bertz CT molecular complexity index is 437. The summed E-state index contributed by atoms with van der Waals surface area (Å²) in [6, 6.07) is 4.53. The summed E-state index contributed by atoms with van der Waals surface area (Å²) in [6.07, 6.45) is 2.58. The van der Waals surface area contributed by atoms with Crippen LogP contribution in [-0.2, 0) is 11.2 Å². The first-order chi connectivity index (χ1) is 8.60. The van der Waals surface area contributed by atoms with E-state index in [2.05, 4.69) is 0 Å². The Kier molecular flexibility index (Phi) is 5.36. The molecule has 0 aliphatic rings. The van der Waals surface area contributed by atoms with E-state index < -0.39 is 5.97 Å². The molecule has 0 aromatic heterocycles. The van der Waals surface area contributed by atoms with Crippen molar-refractivity contribution in [2.24, 2.45) is 0 Å². The zero-order valence-corrected chi connectivity index (χ0v) is 10.7. The number of esters is 1. The molecule has 0 spiro atoms. The van der Waals surface area contributed by atoms with Crippen molar-refractivity contribution in [3.05, 3.63) is 34.9 Å². The van der Waals surface area contributed by atoms with E-state index in [1.165, 1.54) is 12.1 Å². The summed E-state index contributed by atoms with van der Waals surface area (Å²) in [5.41, 5.74) is 1.42. The Balaban J connectivity index is 3.07. The lowest BCUT2D eigenvalue weighted by molar-refractivity contribution is 0.0523. The fourth-order valence-corrected chi connectivity index (χ4v) is 1.71. The van der Waals surface area contributed by atoms with Crippen LogP contribution >= 0.6 is 0 Å². The molecule has 1 aromatic rings. The summed E-state index contributed by atoms with van der Waals surface area (Å²) in [7, 11) is 0. The van der Waals surface area contributed by atoms with E-state index in [1.54, 1.807) is 13.0 Å². The third-order valence-corrected chi connectivity index (χ3v) is 2.65. The van der Waals surface area contributed by atoms with Gasteiger partial charge in [0.25, 0.3) is 0 Å². The molecule has 4 nitrogen and oxygen atoms in total. The van der Waals surface area contributed by atoms with Crippen LogP contribution in [0.3, 0.4) is 0 Å². The van der Waals surface area contributed by atoms with Crippen molar-refractivity contribution in [1.29, 1.82) is 0 Å². The number of carbonyl (C=O) groups excluding carboxylic acids is 1. The second-order valence-electron chi connectivity index (χ2n) is 4.00. The number of hydrogen-bond donors (Lipinski definition) is 1. The highest BCUT2D eigenvalue weighted by Gasteiger charge is 2.14. The Morgan fingerprint density at radius 2 is 2.00 bits per heavy atom. The van der Waals surface area contributed by atoms with Crippen LogP contribution in [0.5, 0.6) is 0 Å². The molecule has 0 atom stereocenters. The predicted octanol–water partition coefficient (Wildman–Crippen LogP) is 2.90. The summed E-state index contributed by atoms with van der Waals surface area (Å²) >= 11 is 0. The first kappa shape index (κ1) is 14.2. The number of aromatic carboxylic acids is 1. The summed E-state index contributed by atoms with van der Waals surface area (Å²) in [5, 5.41) is 8.95. The third-order valence-electron chi connectivity index (χ3n) is 2.65. The van der Waals surface area contributed by atoms with Gasteiger partial charge in [-0.2, -0.15) is 0 Å². The molecule has 0 aliphatic carbocycles. The Labute approximate surface area is 107 Å². The van der Waals surface area contributed by atoms with E-state index in [0.29, 0.717) is 18.6 Å². The molecule has 98 valence electrons. The molecule has 1 rings (SSSR count). The predicted molar refractivity (Wildman–Crippen MR) is 68.0 cm³/mol. The number of hydrogen-bond acceptors (Lipinski definition) is 3. The maximum atomic E-state index is 11.7. The highest BCUT2D eigenvalue weighted by atomic mass is 16.5. The van der Waals surface area contributed by atoms with Crippen molar-refractivity contribution >= 4 is 11.9 Å². The molecule has 0 amide bonds. The van der Waals surface area contributed by atoms with Gasteiger partial charge >= 0.3 is 11.9 Å². The van der Waals surface area contributed by atoms with Gasteiger partial charge in [-0.3, -0.25) is 0 Å². The summed E-state index contributed by atoms with van der Waals surface area (Å²) in [4.78, 5) is 22.7. The van der Waals surface area contributed by atoms with Crippen LogP contribution in [0.4, 0.5) is 0 Å². The molecule has 1 aromatic carbocycles. The number of carboxylic acid groups (broad SMARTS) is 1. The number of rotatable bonds is 6. The lowest BCUT2D eigenvalue weighted by atomic mass is 9.99. The van der Waals surface area contributed by atoms with E-state index in [9.17, 15) is 9.59 Å². The minimum absolute atomic E-state index is 0.203. The molecular weight excluding hydrogens is 232 g/mol. The van der Waals surface area contributed by atoms with Gasteiger partial charge in [0.1, 0.15) is 0 Å². The first-order valence-electron chi connectivity index (χ1n) is 6.13. The topological polar surface area (TPSA) is 63.6 Å². The van der Waals surface area contributed by atoms with Gasteiger partial charge in [0.15, 0.2) is 0 Å². The third kappa shape index (κ3) is 3.58. The molecule has 1 N–H and O–H groups in total. The summed E-state index contributed by atoms with van der Waals surface area (Å²) < 4.78 is 4.96. The molecule has 4 heteroatoms. The quantitative estimate of drug-likeness (QED) is 0.788. The second kappa shape index (κ2) is 6.79. The minimum atomic E-state index is -0.983. The fraction of sp³-hybridized carbons (Fsp3) is 0.429. The van der Waals surface area contributed by atoms with Crippen molar-refractivity contribution in [3.63, 3.8) is 0 Å². The first-order valence-corrected chi connectivity index (χ1v) is 6.13. The minimum Gasteiger partial charge on any atom is -0.478 e. The molecule has 0 saturated heterocycles. The van der Waals surface area contributed by atoms with Crippen molar-refractivity contribution in [3.8, 4) is 0 Å². The number of unbranched alkanes of at least 4 members (excludes halogenated alkanes) is 1. The van der Waals surface area contributed by atoms with Gasteiger partial charge in [0, 0.05) is 0 Å². The number of aryl methyl sites for hydroxylation is 1. The van der Waals surface area contributed by atoms with Gasteiger partial charge in [-0.1, -0.05) is 13.3 Å². The van der Waals surface area contributed by atoms with E-state index >= 15 is 0 Å². The molecule has 0 fully saturated rings. The van der Waals surface area contributed by atoms with E-state index in [1.807, 2.05) is 6.92 Å². The van der Waals surface area contributed by atoms with Gasteiger partial charge < -0.3 is 9.84 Å². The van der Waals surface area contributed by atoms with Gasteiger partial charge in [-0.05, 0) is 43.5 Å². The van der Waals surface area contributed by atoms with Crippen LogP contribution < -0.4 is 0 Å². The standard InChI is InChI=1S/C14H18O4/c1-3-5-6-10-9-11(13(15)16)7-8-12(10)14(17)18-4-2/h7-9H,3-6H2,1-2H3,(H,15,16). The highest BCUT2D eigenvalue weighted by Crippen LogP contribution is 2.16. The van der Waals surface area contributed by atoms with Crippen LogP contribution in [0.2, 0.25) is 0 Å². The van der Waals surface area contributed by atoms with Crippen molar-refractivity contribution in [2.45, 2.75) is 33.1 Å². The smallest absolute Gasteiger partial charge is 0.338 e. The van der Waals surface area contributed by atoms with Crippen LogP contribution in [0.1, 0.15) is 53.0 Å². The SMILES string of the molecule is CCCCc1cc(C(=O)O)ccc1C(=O)OCC. The largest absolute Gasteiger partial charge is 0.478 e. The van der Waals surface area contributed by atoms with Crippen LogP contribution in [0.15, 0.2) is 18.2 Å². The average Bonchev–Trinajstić information content (AvgIpc) is 2.36. The van der Waals surface area contributed by atoms with Crippen molar-refractivity contribution < 1.29 is 19.4 Å². The van der Waals surface area contributed by atoms with Crippen LogP contribution in [0, 0.1) is 0 Å². The molecule has 0 saturated carbocycles. The monoisotopic (exact) mass is 250 g/mol. The molecule has 0 heterocycles. The maximum absolute atomic E-state index is 11.7. The number of benzene rings is 1. The summed E-state index contributed by atoms with van der Waals surface area (Å²) in [5.74, 6) is -1.37. The molecule has 0 unspecified atom stereocenters. The van der Waals surface area contributed by atoms with E-state index in [0.717, 1.165) is 18.4 Å². The number of carboxylic acids is 1. The Morgan fingerprint density at radius 3 is 2.56 bits per heavy atom. The molecule has 18 heavy (non-hydrogen) atoms. The van der Waals surface area contributed by atoms with Gasteiger partial charge in [-0.25, -0.2) is 9.59 Å². The van der Waals surface area contributed by atoms with E-state index in [4.69, 9.17) is 9.84 Å². The van der Waals surface area contributed by atoms with Gasteiger partial charge in [0.05, 0.1) is 17.7 Å². The van der Waals surface area contributed by atoms with Gasteiger partial charge in [-0.15, -0.1) is 0 Å². The highest BCUT2D eigenvalue weighted by molar-refractivity contribution is 5.94. The lowest BCUT2D eigenvalue weighted by Crippen LogP contribution is -2.10. The average molecular weight is 250 g/mol. The number of carbonyl (C=O) groups is 2. The Hall–Kier alpha value is -1.84. The van der Waals surface area contributed by atoms with E-state index in [-0.39, 0.29) is 11.5 Å². The number of ether oxygens (including phenoxy) is 1.